The van der Waals surface area contributed by atoms with Crippen molar-refractivity contribution in [1.29, 1.82) is 0 Å². The van der Waals surface area contributed by atoms with Gasteiger partial charge in [0.2, 0.25) is 10.0 Å². The van der Waals surface area contributed by atoms with Crippen LogP contribution < -0.4 is 4.72 Å². The molecule has 0 atom stereocenters. The molecule has 0 saturated heterocycles. The first-order chi connectivity index (χ1) is 6.43. The lowest BCUT2D eigenvalue weighted by atomic mass is 10.5. The molecule has 1 aromatic heterocycles. The molecule has 1 aromatic rings. The van der Waals surface area contributed by atoms with Crippen LogP contribution in [0.15, 0.2) is 22.8 Å². The molecular formula is C8H11BrN2O2S. The predicted molar refractivity (Wildman–Crippen MR) is 59.6 cm³/mol. The topological polar surface area (TPSA) is 59.1 Å². The van der Waals surface area contributed by atoms with Gasteiger partial charge in [-0.2, -0.15) is 0 Å². The predicted octanol–water partition coefficient (Wildman–Crippen LogP) is 1.99. The summed E-state index contributed by atoms with van der Waals surface area (Å²) in [4.78, 5) is 3.91. The van der Waals surface area contributed by atoms with E-state index in [1.165, 1.54) is 6.20 Å². The van der Waals surface area contributed by atoms with Gasteiger partial charge in [0.05, 0.1) is 9.72 Å². The van der Waals surface area contributed by atoms with Crippen LogP contribution in [0.2, 0.25) is 0 Å². The van der Waals surface area contributed by atoms with Gasteiger partial charge in [0.1, 0.15) is 0 Å². The number of hydrogen-bond donors (Lipinski definition) is 1. The van der Waals surface area contributed by atoms with Gasteiger partial charge < -0.3 is 0 Å². The van der Waals surface area contributed by atoms with E-state index in [2.05, 4.69) is 25.6 Å². The fraction of sp³-hybridized carbons (Fsp3) is 0.375. The molecule has 1 heterocycles. The fourth-order valence-corrected chi connectivity index (χ4v) is 1.87. The van der Waals surface area contributed by atoms with Crippen molar-refractivity contribution in [2.75, 3.05) is 4.72 Å². The lowest BCUT2D eigenvalue weighted by Crippen LogP contribution is -2.23. The molecule has 6 heteroatoms. The Morgan fingerprint density at radius 3 is 2.64 bits per heavy atom. The summed E-state index contributed by atoms with van der Waals surface area (Å²) in [5.41, 5.74) is 0. The second kappa shape index (κ2) is 4.27. The van der Waals surface area contributed by atoms with Gasteiger partial charge in [-0.05, 0) is 41.9 Å². The minimum absolute atomic E-state index is 0.321. The van der Waals surface area contributed by atoms with E-state index in [9.17, 15) is 8.42 Å². The standard InChI is InChI=1S/C8H11BrN2O2S/c1-6(2)14(12,13)11-8-7(9)4-3-5-10-8/h3-6H,1-2H3,(H,10,11). The summed E-state index contributed by atoms with van der Waals surface area (Å²) in [5.74, 6) is 0.321. The van der Waals surface area contributed by atoms with Crippen LogP contribution >= 0.6 is 15.9 Å². The van der Waals surface area contributed by atoms with Gasteiger partial charge in [0.25, 0.3) is 0 Å². The van der Waals surface area contributed by atoms with Crippen LogP contribution in [0, 0.1) is 0 Å². The number of nitrogens with one attached hydrogen (secondary N) is 1. The Bertz CT molecular complexity index is 417. The maximum Gasteiger partial charge on any atom is 0.236 e. The fourth-order valence-electron chi connectivity index (χ4n) is 0.713. The van der Waals surface area contributed by atoms with Crippen molar-refractivity contribution in [1.82, 2.24) is 4.98 Å². The van der Waals surface area contributed by atoms with Crippen LogP contribution in [0.5, 0.6) is 0 Å². The normalized spacial score (nSPS) is 11.7. The molecule has 0 aliphatic carbocycles. The van der Waals surface area contributed by atoms with Crippen molar-refractivity contribution in [3.8, 4) is 0 Å². The second-order valence-corrected chi connectivity index (χ2v) is 6.12. The van der Waals surface area contributed by atoms with Gasteiger partial charge in [-0.1, -0.05) is 0 Å². The van der Waals surface area contributed by atoms with Crippen molar-refractivity contribution in [3.63, 3.8) is 0 Å². The number of anilines is 1. The summed E-state index contributed by atoms with van der Waals surface area (Å²) in [6.07, 6.45) is 1.53. The summed E-state index contributed by atoms with van der Waals surface area (Å²) >= 11 is 3.21. The summed E-state index contributed by atoms with van der Waals surface area (Å²) in [5, 5.41) is -0.476. The lowest BCUT2D eigenvalue weighted by molar-refractivity contribution is 0.592. The molecule has 14 heavy (non-hydrogen) atoms. The second-order valence-electron chi connectivity index (χ2n) is 3.03. The van der Waals surface area contributed by atoms with Crippen LogP contribution in [0.4, 0.5) is 5.82 Å². The van der Waals surface area contributed by atoms with Crippen molar-refractivity contribution < 1.29 is 8.42 Å². The molecule has 0 saturated carbocycles. The SMILES string of the molecule is CC(C)S(=O)(=O)Nc1ncccc1Br. The molecule has 4 nitrogen and oxygen atoms in total. The first kappa shape index (κ1) is 11.5. The van der Waals surface area contributed by atoms with Gasteiger partial charge >= 0.3 is 0 Å². The number of pyridine rings is 1. The third kappa shape index (κ3) is 2.68. The highest BCUT2D eigenvalue weighted by molar-refractivity contribution is 9.10. The minimum Gasteiger partial charge on any atom is -0.266 e. The average molecular weight is 279 g/mol. The summed E-state index contributed by atoms with van der Waals surface area (Å²) in [6, 6.07) is 3.45. The molecule has 0 aliphatic rings. The van der Waals surface area contributed by atoms with Crippen molar-refractivity contribution in [2.45, 2.75) is 19.1 Å². The Balaban J connectivity index is 2.96. The summed E-state index contributed by atoms with van der Waals surface area (Å²) in [7, 11) is -3.32. The lowest BCUT2D eigenvalue weighted by Gasteiger charge is -2.10. The molecule has 0 fully saturated rings. The van der Waals surface area contributed by atoms with E-state index in [1.54, 1.807) is 26.0 Å². The van der Waals surface area contributed by atoms with E-state index in [4.69, 9.17) is 0 Å². The molecule has 0 amide bonds. The molecule has 0 aromatic carbocycles. The largest absolute Gasteiger partial charge is 0.266 e. The molecule has 1 N–H and O–H groups in total. The summed E-state index contributed by atoms with van der Waals surface area (Å²) in [6.45, 7) is 3.22. The smallest absolute Gasteiger partial charge is 0.236 e. The molecule has 0 spiro atoms. The van der Waals surface area contributed by atoms with Gasteiger partial charge in [-0.3, -0.25) is 4.72 Å². The van der Waals surface area contributed by atoms with Crippen LogP contribution in [0.3, 0.4) is 0 Å². The summed E-state index contributed by atoms with van der Waals surface area (Å²) < 4.78 is 26.0. The Morgan fingerprint density at radius 1 is 1.50 bits per heavy atom. The van der Waals surface area contributed by atoms with Crippen LogP contribution in [-0.2, 0) is 10.0 Å². The Labute approximate surface area is 91.9 Å². The molecule has 0 radical (unpaired) electrons. The molecule has 0 unspecified atom stereocenters. The van der Waals surface area contributed by atoms with E-state index in [0.29, 0.717) is 10.3 Å². The van der Waals surface area contributed by atoms with Gasteiger partial charge in [0, 0.05) is 6.20 Å². The quantitative estimate of drug-likeness (QED) is 0.920. The highest BCUT2D eigenvalue weighted by Gasteiger charge is 2.17. The zero-order valence-electron chi connectivity index (χ0n) is 7.86. The Morgan fingerprint density at radius 2 is 2.14 bits per heavy atom. The highest BCUT2D eigenvalue weighted by Crippen LogP contribution is 2.20. The average Bonchev–Trinajstić information content (AvgIpc) is 2.08. The molecule has 1 rings (SSSR count). The van der Waals surface area contributed by atoms with Crippen molar-refractivity contribution in [2.24, 2.45) is 0 Å². The third-order valence-electron chi connectivity index (χ3n) is 1.62. The van der Waals surface area contributed by atoms with Crippen molar-refractivity contribution >= 4 is 31.8 Å². The molecule has 78 valence electrons. The number of nitrogens with zero attached hydrogens (tertiary/aromatic N) is 1. The number of sulfonamides is 1. The number of hydrogen-bond acceptors (Lipinski definition) is 3. The Kier molecular flexibility index (Phi) is 3.49. The van der Waals surface area contributed by atoms with Gasteiger partial charge in [-0.25, -0.2) is 13.4 Å². The Hall–Kier alpha value is -0.620. The minimum atomic E-state index is -3.32. The van der Waals surface area contributed by atoms with E-state index in [-0.39, 0.29) is 0 Å². The molecular weight excluding hydrogens is 268 g/mol. The third-order valence-corrected chi connectivity index (χ3v) is 3.98. The first-order valence-corrected chi connectivity index (χ1v) is 6.39. The van der Waals surface area contributed by atoms with E-state index in [1.807, 2.05) is 0 Å². The van der Waals surface area contributed by atoms with Crippen molar-refractivity contribution in [3.05, 3.63) is 22.8 Å². The molecule has 0 bridgehead atoms. The van der Waals surface area contributed by atoms with Gasteiger partial charge in [-0.15, -0.1) is 0 Å². The zero-order chi connectivity index (χ0) is 10.8. The number of halogens is 1. The van der Waals surface area contributed by atoms with Gasteiger partial charge in [0.15, 0.2) is 5.82 Å². The maximum atomic E-state index is 11.5. The van der Waals surface area contributed by atoms with Crippen LogP contribution in [-0.4, -0.2) is 18.7 Å². The molecule has 0 aliphatic heterocycles. The number of aromatic nitrogens is 1. The van der Waals surface area contributed by atoms with Crippen LogP contribution in [0.1, 0.15) is 13.8 Å². The highest BCUT2D eigenvalue weighted by atomic mass is 79.9. The maximum absolute atomic E-state index is 11.5. The first-order valence-electron chi connectivity index (χ1n) is 4.05. The van der Waals surface area contributed by atoms with E-state index >= 15 is 0 Å². The zero-order valence-corrected chi connectivity index (χ0v) is 10.3. The van der Waals surface area contributed by atoms with Crippen LogP contribution in [0.25, 0.3) is 0 Å². The number of rotatable bonds is 3. The van der Waals surface area contributed by atoms with E-state index in [0.717, 1.165) is 0 Å². The monoisotopic (exact) mass is 278 g/mol. The van der Waals surface area contributed by atoms with E-state index < -0.39 is 15.3 Å².